The third kappa shape index (κ3) is 4.56. The molecular formula is C18H29N3O2. The first-order chi connectivity index (χ1) is 11.2. The number of piperazine rings is 1. The van der Waals surface area contributed by atoms with Gasteiger partial charge in [0.25, 0.3) is 0 Å². The van der Waals surface area contributed by atoms with Crippen LogP contribution in [0.25, 0.3) is 0 Å². The van der Waals surface area contributed by atoms with Gasteiger partial charge < -0.3 is 15.5 Å². The Bertz CT molecular complexity index is 469. The zero-order valence-electron chi connectivity index (χ0n) is 14.0. The average Bonchev–Trinajstić information content (AvgIpc) is 2.86. The van der Waals surface area contributed by atoms with Gasteiger partial charge in [-0.05, 0) is 50.4 Å². The monoisotopic (exact) mass is 319 g/mol. The van der Waals surface area contributed by atoms with E-state index in [4.69, 9.17) is 0 Å². The number of carbonyl (C=O) groups is 2. The highest BCUT2D eigenvalue weighted by Crippen LogP contribution is 2.44. The molecule has 0 spiro atoms. The summed E-state index contributed by atoms with van der Waals surface area (Å²) in [6, 6.07) is 0. The second-order valence-electron chi connectivity index (χ2n) is 7.16. The topological polar surface area (TPSA) is 61.4 Å². The highest BCUT2D eigenvalue weighted by atomic mass is 16.2. The van der Waals surface area contributed by atoms with Crippen molar-refractivity contribution in [1.82, 2.24) is 15.5 Å². The lowest BCUT2D eigenvalue weighted by Crippen LogP contribution is -2.49. The van der Waals surface area contributed by atoms with Crippen LogP contribution in [0.3, 0.4) is 0 Å². The molecule has 2 atom stereocenters. The minimum Gasteiger partial charge on any atom is -0.347 e. The van der Waals surface area contributed by atoms with E-state index in [0.29, 0.717) is 6.42 Å². The van der Waals surface area contributed by atoms with E-state index in [1.54, 1.807) is 5.57 Å². The quantitative estimate of drug-likeness (QED) is 0.729. The third-order valence-electron chi connectivity index (χ3n) is 5.51. The summed E-state index contributed by atoms with van der Waals surface area (Å²) in [6.45, 7) is 3.32. The summed E-state index contributed by atoms with van der Waals surface area (Å²) >= 11 is 0. The van der Waals surface area contributed by atoms with Crippen LogP contribution in [0.5, 0.6) is 0 Å². The van der Waals surface area contributed by atoms with Crippen LogP contribution in [0.2, 0.25) is 0 Å². The van der Waals surface area contributed by atoms with Crippen LogP contribution in [-0.4, -0.2) is 49.4 Å². The minimum atomic E-state index is 0.0171. The molecular weight excluding hydrogens is 290 g/mol. The van der Waals surface area contributed by atoms with Gasteiger partial charge in [0.2, 0.25) is 11.8 Å². The maximum atomic E-state index is 12.0. The van der Waals surface area contributed by atoms with Crippen LogP contribution in [-0.2, 0) is 9.59 Å². The molecule has 5 heteroatoms. The van der Waals surface area contributed by atoms with Crippen LogP contribution in [0.15, 0.2) is 11.6 Å². The predicted molar refractivity (Wildman–Crippen MR) is 89.8 cm³/mol. The Morgan fingerprint density at radius 3 is 2.91 bits per heavy atom. The van der Waals surface area contributed by atoms with Gasteiger partial charge in [-0.25, -0.2) is 0 Å². The molecule has 2 amide bonds. The molecule has 0 aromatic rings. The van der Waals surface area contributed by atoms with Crippen LogP contribution in [0, 0.1) is 11.8 Å². The fraction of sp³-hybridized carbons (Fsp3) is 0.778. The average molecular weight is 319 g/mol. The first-order valence-corrected chi connectivity index (χ1v) is 9.16. The fourth-order valence-corrected chi connectivity index (χ4v) is 4.21. The maximum Gasteiger partial charge on any atom is 0.242 e. The Labute approximate surface area is 138 Å². The zero-order valence-corrected chi connectivity index (χ0v) is 14.0. The van der Waals surface area contributed by atoms with Crippen molar-refractivity contribution >= 4 is 11.8 Å². The highest BCUT2D eigenvalue weighted by Gasteiger charge is 2.30. The molecule has 1 heterocycles. The maximum absolute atomic E-state index is 12.0. The van der Waals surface area contributed by atoms with E-state index in [1.165, 1.54) is 25.7 Å². The first kappa shape index (κ1) is 16.5. The summed E-state index contributed by atoms with van der Waals surface area (Å²) in [5.74, 6) is 1.68. The van der Waals surface area contributed by atoms with E-state index >= 15 is 0 Å². The molecule has 2 fully saturated rings. The SMILES string of the molecule is O=C(CCCC1CC2CCC=C1C2)NCC(=O)N1CCNCC1. The van der Waals surface area contributed by atoms with Crippen molar-refractivity contribution in [2.45, 2.75) is 44.9 Å². The predicted octanol–water partition coefficient (Wildman–Crippen LogP) is 1.45. The standard InChI is InChI=1S/C18H29N3O2/c22-17(20-13-18(23)21-9-7-19-8-10-21)6-2-5-16-12-14-3-1-4-15(16)11-14/h4,14,16,19H,1-3,5-13H2,(H,20,22). The van der Waals surface area contributed by atoms with Gasteiger partial charge in [0.1, 0.15) is 0 Å². The molecule has 23 heavy (non-hydrogen) atoms. The number of amides is 2. The van der Waals surface area contributed by atoms with E-state index in [9.17, 15) is 9.59 Å². The number of fused-ring (bicyclic) bond motifs is 2. The number of nitrogens with zero attached hydrogens (tertiary/aromatic N) is 1. The lowest BCUT2D eigenvalue weighted by atomic mass is 9.95. The van der Waals surface area contributed by atoms with Crippen molar-refractivity contribution in [3.8, 4) is 0 Å². The summed E-state index contributed by atoms with van der Waals surface area (Å²) in [7, 11) is 0. The van der Waals surface area contributed by atoms with Gasteiger partial charge in [-0.3, -0.25) is 9.59 Å². The molecule has 1 saturated carbocycles. The molecule has 0 aromatic heterocycles. The third-order valence-corrected chi connectivity index (χ3v) is 5.51. The van der Waals surface area contributed by atoms with Gasteiger partial charge in [-0.1, -0.05) is 11.6 Å². The largest absolute Gasteiger partial charge is 0.347 e. The number of carbonyl (C=O) groups excluding carboxylic acids is 2. The summed E-state index contributed by atoms with van der Waals surface area (Å²) < 4.78 is 0. The Morgan fingerprint density at radius 1 is 1.30 bits per heavy atom. The van der Waals surface area contributed by atoms with E-state index in [1.807, 2.05) is 4.90 Å². The summed E-state index contributed by atoms with van der Waals surface area (Å²) in [5, 5.41) is 6.01. The van der Waals surface area contributed by atoms with Gasteiger partial charge >= 0.3 is 0 Å². The number of allylic oxidation sites excluding steroid dienone is 2. The Hall–Kier alpha value is -1.36. The van der Waals surface area contributed by atoms with Crippen molar-refractivity contribution in [3.63, 3.8) is 0 Å². The molecule has 1 aliphatic heterocycles. The van der Waals surface area contributed by atoms with E-state index in [0.717, 1.165) is 50.9 Å². The molecule has 2 bridgehead atoms. The number of nitrogens with one attached hydrogen (secondary N) is 2. The van der Waals surface area contributed by atoms with Crippen LogP contribution < -0.4 is 10.6 Å². The smallest absolute Gasteiger partial charge is 0.242 e. The zero-order chi connectivity index (χ0) is 16.1. The van der Waals surface area contributed by atoms with Crippen molar-refractivity contribution in [3.05, 3.63) is 11.6 Å². The molecule has 2 N–H and O–H groups in total. The number of hydrogen-bond donors (Lipinski definition) is 2. The second kappa shape index (κ2) is 7.95. The molecule has 1 saturated heterocycles. The van der Waals surface area contributed by atoms with Gasteiger partial charge in [0.05, 0.1) is 6.54 Å². The van der Waals surface area contributed by atoms with E-state index in [2.05, 4.69) is 16.7 Å². The lowest BCUT2D eigenvalue weighted by Gasteiger charge is -2.27. The molecule has 2 unspecified atom stereocenters. The van der Waals surface area contributed by atoms with Crippen molar-refractivity contribution in [2.24, 2.45) is 11.8 Å². The lowest BCUT2D eigenvalue weighted by molar-refractivity contribution is -0.133. The highest BCUT2D eigenvalue weighted by molar-refractivity contribution is 5.84. The second-order valence-corrected chi connectivity index (χ2v) is 7.16. The van der Waals surface area contributed by atoms with Crippen LogP contribution in [0.4, 0.5) is 0 Å². The normalized spacial score (nSPS) is 26.8. The minimum absolute atomic E-state index is 0.0171. The van der Waals surface area contributed by atoms with Crippen LogP contribution >= 0.6 is 0 Å². The molecule has 2 aliphatic carbocycles. The van der Waals surface area contributed by atoms with E-state index < -0.39 is 0 Å². The van der Waals surface area contributed by atoms with Crippen LogP contribution in [0.1, 0.15) is 44.9 Å². The fourth-order valence-electron chi connectivity index (χ4n) is 4.21. The first-order valence-electron chi connectivity index (χ1n) is 9.16. The molecule has 0 radical (unpaired) electrons. The van der Waals surface area contributed by atoms with E-state index in [-0.39, 0.29) is 18.4 Å². The van der Waals surface area contributed by atoms with Gasteiger partial charge in [-0.2, -0.15) is 0 Å². The summed E-state index contributed by atoms with van der Waals surface area (Å²) in [5.41, 5.74) is 1.65. The number of hydrogen-bond acceptors (Lipinski definition) is 3. The number of rotatable bonds is 6. The van der Waals surface area contributed by atoms with Gasteiger partial charge in [0, 0.05) is 32.6 Å². The van der Waals surface area contributed by atoms with Crippen molar-refractivity contribution in [1.29, 1.82) is 0 Å². The Balaban J connectivity index is 1.30. The molecule has 3 rings (SSSR count). The van der Waals surface area contributed by atoms with Gasteiger partial charge in [-0.15, -0.1) is 0 Å². The molecule has 0 aromatic carbocycles. The Kier molecular flexibility index (Phi) is 5.70. The Morgan fingerprint density at radius 2 is 2.13 bits per heavy atom. The molecule has 3 aliphatic rings. The molecule has 5 nitrogen and oxygen atoms in total. The van der Waals surface area contributed by atoms with Crippen molar-refractivity contribution in [2.75, 3.05) is 32.7 Å². The summed E-state index contributed by atoms with van der Waals surface area (Å²) in [6.07, 6.45) is 10.3. The molecule has 128 valence electrons. The summed E-state index contributed by atoms with van der Waals surface area (Å²) in [4.78, 5) is 25.7. The van der Waals surface area contributed by atoms with Crippen molar-refractivity contribution < 1.29 is 9.59 Å². The van der Waals surface area contributed by atoms with Gasteiger partial charge in [0.15, 0.2) is 0 Å².